The van der Waals surface area contributed by atoms with Crippen molar-refractivity contribution in [2.75, 3.05) is 19.5 Å². The van der Waals surface area contributed by atoms with Crippen LogP contribution >= 0.6 is 0 Å². The Bertz CT molecular complexity index is 1150. The van der Waals surface area contributed by atoms with Crippen molar-refractivity contribution in [2.24, 2.45) is 11.8 Å². The number of nitrogen functional groups attached to an aromatic ring is 1. The maximum absolute atomic E-state index is 12.4. The van der Waals surface area contributed by atoms with Gasteiger partial charge in [-0.05, 0) is 50.4 Å². The first-order valence-corrected chi connectivity index (χ1v) is 12.2. The minimum absolute atomic E-state index is 0.0230. The summed E-state index contributed by atoms with van der Waals surface area (Å²) in [5.74, 6) is 6.25. The van der Waals surface area contributed by atoms with Gasteiger partial charge in [0, 0.05) is 12.5 Å². The van der Waals surface area contributed by atoms with Gasteiger partial charge in [-0.3, -0.25) is 14.2 Å². The molecule has 0 spiro atoms. The summed E-state index contributed by atoms with van der Waals surface area (Å²) in [6, 6.07) is 0.0835. The molecular weight excluding hydrogens is 468 g/mol. The molecule has 2 unspecified atom stereocenters. The molecule has 0 radical (unpaired) electrons. The quantitative estimate of drug-likeness (QED) is 0.273. The van der Waals surface area contributed by atoms with Crippen molar-refractivity contribution < 1.29 is 29.3 Å². The molecule has 2 atom stereocenters. The molecule has 12 nitrogen and oxygen atoms in total. The van der Waals surface area contributed by atoms with Crippen molar-refractivity contribution in [1.29, 1.82) is 0 Å². The number of fused-ring (bicyclic) bond motifs is 1. The van der Waals surface area contributed by atoms with Gasteiger partial charge in [-0.25, -0.2) is 15.0 Å². The number of rotatable bonds is 9. The molecule has 5 N–H and O–H groups in total. The van der Waals surface area contributed by atoms with Gasteiger partial charge in [-0.15, -0.1) is 0 Å². The highest BCUT2D eigenvalue weighted by Crippen LogP contribution is 2.31. The van der Waals surface area contributed by atoms with E-state index in [0.717, 1.165) is 38.5 Å². The summed E-state index contributed by atoms with van der Waals surface area (Å²) in [5, 5.41) is 22.2. The second kappa shape index (κ2) is 11.6. The van der Waals surface area contributed by atoms with Crippen LogP contribution in [-0.4, -0.2) is 73.6 Å². The normalized spacial score (nSPS) is 21.3. The van der Waals surface area contributed by atoms with E-state index in [0.29, 0.717) is 23.5 Å². The first kappa shape index (κ1) is 25.8. The molecule has 2 saturated carbocycles. The number of ether oxygens (including phenoxy) is 2. The van der Waals surface area contributed by atoms with Crippen molar-refractivity contribution >= 4 is 28.9 Å². The van der Waals surface area contributed by atoms with Gasteiger partial charge in [0.25, 0.3) is 5.91 Å². The topological polar surface area (TPSA) is 175 Å². The fraction of sp³-hybridized carbons (Fsp3) is 0.625. The third-order valence-corrected chi connectivity index (χ3v) is 6.57. The minimum Gasteiger partial charge on any atom is -0.469 e. The van der Waals surface area contributed by atoms with Gasteiger partial charge in [0.1, 0.15) is 18.4 Å². The van der Waals surface area contributed by atoms with E-state index in [4.69, 9.17) is 15.2 Å². The average Bonchev–Trinajstić information content (AvgIpc) is 3.60. The SMILES string of the molecule is COC(=O)C1CCC(CC#Cc2nc(N)c3ncn(COC(C(=O)NC4CC4)C(O)CO)c3n2)CC1. The Morgan fingerprint density at radius 2 is 2.00 bits per heavy atom. The molecule has 0 aromatic carbocycles. The van der Waals surface area contributed by atoms with E-state index in [-0.39, 0.29) is 36.3 Å². The number of anilines is 1. The molecule has 2 aliphatic carbocycles. The van der Waals surface area contributed by atoms with Gasteiger partial charge in [-0.2, -0.15) is 0 Å². The van der Waals surface area contributed by atoms with Crippen LogP contribution in [0.25, 0.3) is 11.2 Å². The van der Waals surface area contributed by atoms with E-state index in [1.165, 1.54) is 18.0 Å². The molecule has 2 fully saturated rings. The predicted octanol–water partition coefficient (Wildman–Crippen LogP) is 0.104. The number of aliphatic hydroxyl groups excluding tert-OH is 2. The number of nitrogens with one attached hydrogen (secondary N) is 1. The Labute approximate surface area is 208 Å². The average molecular weight is 501 g/mol. The highest BCUT2D eigenvalue weighted by atomic mass is 16.5. The zero-order valence-corrected chi connectivity index (χ0v) is 20.2. The number of carbonyl (C=O) groups is 2. The van der Waals surface area contributed by atoms with Gasteiger partial charge in [-0.1, -0.05) is 5.92 Å². The fourth-order valence-corrected chi connectivity index (χ4v) is 4.29. The van der Waals surface area contributed by atoms with Crippen molar-refractivity contribution in [2.45, 2.75) is 69.9 Å². The Balaban J connectivity index is 1.40. The molecule has 12 heteroatoms. The van der Waals surface area contributed by atoms with Crippen LogP contribution in [0.3, 0.4) is 0 Å². The summed E-state index contributed by atoms with van der Waals surface area (Å²) in [6.07, 6.45) is 4.69. The molecule has 4 rings (SSSR count). The number of imidazole rings is 1. The molecule has 1 amide bonds. The van der Waals surface area contributed by atoms with Crippen LogP contribution in [0.5, 0.6) is 0 Å². The summed E-state index contributed by atoms with van der Waals surface area (Å²) >= 11 is 0. The van der Waals surface area contributed by atoms with E-state index < -0.39 is 24.7 Å². The van der Waals surface area contributed by atoms with Crippen molar-refractivity contribution in [1.82, 2.24) is 24.8 Å². The van der Waals surface area contributed by atoms with Crippen LogP contribution < -0.4 is 11.1 Å². The second-order valence-electron chi connectivity index (χ2n) is 9.31. The second-order valence-corrected chi connectivity index (χ2v) is 9.31. The Hall–Kier alpha value is -3.27. The Kier molecular flexibility index (Phi) is 8.35. The van der Waals surface area contributed by atoms with Gasteiger partial charge in [0.15, 0.2) is 17.6 Å². The summed E-state index contributed by atoms with van der Waals surface area (Å²) in [7, 11) is 1.42. The van der Waals surface area contributed by atoms with Crippen LogP contribution in [0.1, 0.15) is 50.8 Å². The number of hydrogen-bond acceptors (Lipinski definition) is 10. The third-order valence-electron chi connectivity index (χ3n) is 6.57. The lowest BCUT2D eigenvalue weighted by molar-refractivity contribution is -0.148. The van der Waals surface area contributed by atoms with Crippen LogP contribution in [0.2, 0.25) is 0 Å². The highest BCUT2D eigenvalue weighted by Gasteiger charge is 2.32. The van der Waals surface area contributed by atoms with Crippen LogP contribution in [0.4, 0.5) is 5.82 Å². The molecule has 2 aromatic heterocycles. The van der Waals surface area contributed by atoms with Gasteiger partial charge >= 0.3 is 5.97 Å². The zero-order chi connectivity index (χ0) is 25.7. The van der Waals surface area contributed by atoms with Gasteiger partial charge < -0.3 is 30.7 Å². The van der Waals surface area contributed by atoms with Gasteiger partial charge in [0.05, 0.1) is 26.0 Å². The highest BCUT2D eigenvalue weighted by molar-refractivity contribution is 5.82. The van der Waals surface area contributed by atoms with E-state index >= 15 is 0 Å². The number of aromatic nitrogens is 4. The maximum atomic E-state index is 12.4. The maximum Gasteiger partial charge on any atom is 0.308 e. The zero-order valence-electron chi connectivity index (χ0n) is 20.2. The smallest absolute Gasteiger partial charge is 0.308 e. The first-order valence-electron chi connectivity index (χ1n) is 12.2. The standard InChI is InChI=1S/C24H32N6O6/c1-35-24(34)15-7-5-14(6-8-15)3-2-4-18-28-21(25)19-22(29-18)30(12-26-19)13-36-20(17(32)11-31)23(33)27-16-9-10-16/h12,14-17,20,31-32H,3,5-11,13H2,1H3,(H,27,33)(H2,25,28,29). The lowest BCUT2D eigenvalue weighted by atomic mass is 9.81. The Morgan fingerprint density at radius 3 is 2.67 bits per heavy atom. The molecule has 194 valence electrons. The number of methoxy groups -OCH3 is 1. The lowest BCUT2D eigenvalue weighted by Crippen LogP contribution is -2.46. The van der Waals surface area contributed by atoms with E-state index in [1.54, 1.807) is 0 Å². The minimum atomic E-state index is -1.37. The lowest BCUT2D eigenvalue weighted by Gasteiger charge is -2.25. The third kappa shape index (κ3) is 6.29. The van der Waals surface area contributed by atoms with E-state index in [2.05, 4.69) is 32.1 Å². The molecular formula is C24H32N6O6. The van der Waals surface area contributed by atoms with E-state index in [9.17, 15) is 19.8 Å². The number of hydrogen-bond donors (Lipinski definition) is 4. The van der Waals surface area contributed by atoms with Crippen molar-refractivity contribution in [3.63, 3.8) is 0 Å². The van der Waals surface area contributed by atoms with Crippen LogP contribution in [-0.2, 0) is 25.8 Å². The number of carbonyl (C=O) groups excluding carboxylic acids is 2. The Morgan fingerprint density at radius 1 is 1.25 bits per heavy atom. The van der Waals surface area contributed by atoms with Gasteiger partial charge in [0.2, 0.25) is 5.82 Å². The summed E-state index contributed by atoms with van der Waals surface area (Å²) in [4.78, 5) is 37.0. The number of nitrogens with zero attached hydrogens (tertiary/aromatic N) is 4. The number of aliphatic hydroxyl groups is 2. The van der Waals surface area contributed by atoms with Crippen molar-refractivity contribution in [3.8, 4) is 11.8 Å². The predicted molar refractivity (Wildman–Crippen MR) is 128 cm³/mol. The molecule has 36 heavy (non-hydrogen) atoms. The largest absolute Gasteiger partial charge is 0.469 e. The molecule has 2 aliphatic rings. The summed E-state index contributed by atoms with van der Waals surface area (Å²) in [5.41, 5.74) is 6.81. The number of esters is 1. The summed E-state index contributed by atoms with van der Waals surface area (Å²) in [6.45, 7) is -0.768. The number of amides is 1. The van der Waals surface area contributed by atoms with E-state index in [1.807, 2.05) is 0 Å². The molecule has 0 saturated heterocycles. The van der Waals surface area contributed by atoms with Crippen molar-refractivity contribution in [3.05, 3.63) is 12.2 Å². The monoisotopic (exact) mass is 500 g/mol. The number of nitrogens with two attached hydrogens (primary N) is 1. The molecule has 0 aliphatic heterocycles. The first-order chi connectivity index (χ1) is 17.4. The van der Waals surface area contributed by atoms with Crippen LogP contribution in [0.15, 0.2) is 6.33 Å². The van der Waals surface area contributed by atoms with Crippen LogP contribution in [0, 0.1) is 23.7 Å². The molecule has 2 aromatic rings. The molecule has 2 heterocycles. The fourth-order valence-electron chi connectivity index (χ4n) is 4.29. The molecule has 0 bridgehead atoms. The summed E-state index contributed by atoms with van der Waals surface area (Å²) < 4.78 is 12.0.